The molecule has 0 aromatic rings. The summed E-state index contributed by atoms with van der Waals surface area (Å²) >= 11 is 4.25. The molecule has 0 radical (unpaired) electrons. The van der Waals surface area contributed by atoms with Crippen LogP contribution in [0.1, 0.15) is 26.7 Å². The predicted octanol–water partition coefficient (Wildman–Crippen LogP) is 1.72. The summed E-state index contributed by atoms with van der Waals surface area (Å²) in [5.74, 6) is 0.179. The van der Waals surface area contributed by atoms with Gasteiger partial charge in [0.05, 0.1) is 5.41 Å². The first-order valence-electron chi connectivity index (χ1n) is 4.23. The Hall–Kier alpha value is -0.440. The minimum atomic E-state index is -0.368. The second kappa shape index (κ2) is 3.13. The quantitative estimate of drug-likeness (QED) is 0.646. The fourth-order valence-electron chi connectivity index (χ4n) is 1.46. The summed E-state index contributed by atoms with van der Waals surface area (Å²) in [6, 6.07) is 0. The molecule has 0 aromatic heterocycles. The molecule has 1 rings (SSSR count). The molecule has 1 fully saturated rings. The Balaban J connectivity index is 2.78. The highest BCUT2D eigenvalue weighted by atomic mass is 32.1. The van der Waals surface area contributed by atoms with Crippen LogP contribution in [0.3, 0.4) is 0 Å². The van der Waals surface area contributed by atoms with Crippen LogP contribution >= 0.6 is 12.6 Å². The van der Waals surface area contributed by atoms with E-state index in [-0.39, 0.29) is 11.3 Å². The Bertz CT molecular complexity index is 237. The van der Waals surface area contributed by atoms with Gasteiger partial charge in [0, 0.05) is 0 Å². The highest BCUT2D eigenvalue weighted by Gasteiger charge is 2.54. The molecule has 0 aromatic carbocycles. The number of rotatable bonds is 3. The lowest BCUT2D eigenvalue weighted by Crippen LogP contribution is -2.24. The van der Waals surface area contributed by atoms with Crippen molar-refractivity contribution in [1.82, 2.24) is 0 Å². The van der Waals surface area contributed by atoms with Gasteiger partial charge in [-0.3, -0.25) is 4.79 Å². The van der Waals surface area contributed by atoms with Gasteiger partial charge < -0.3 is 5.73 Å². The molecule has 0 saturated heterocycles. The molecule has 0 spiro atoms. The zero-order valence-electron chi connectivity index (χ0n) is 7.50. The molecule has 2 unspecified atom stereocenters. The van der Waals surface area contributed by atoms with Crippen molar-refractivity contribution >= 4 is 18.5 Å². The average Bonchev–Trinajstić information content (AvgIpc) is 2.63. The fraction of sp³-hybridized carbons (Fsp3) is 0.667. The number of hydrogen-bond acceptors (Lipinski definition) is 2. The smallest absolute Gasteiger partial charge is 0.227 e. The molecule has 0 aliphatic heterocycles. The van der Waals surface area contributed by atoms with Gasteiger partial charge in [-0.15, -0.1) is 12.6 Å². The van der Waals surface area contributed by atoms with E-state index < -0.39 is 0 Å². The summed E-state index contributed by atoms with van der Waals surface area (Å²) in [6.07, 6.45) is 3.67. The van der Waals surface area contributed by atoms with E-state index >= 15 is 0 Å². The number of amides is 1. The highest BCUT2D eigenvalue weighted by molar-refractivity contribution is 7.84. The van der Waals surface area contributed by atoms with Crippen LogP contribution in [0.5, 0.6) is 0 Å². The van der Waals surface area contributed by atoms with E-state index in [0.29, 0.717) is 5.92 Å². The highest BCUT2D eigenvalue weighted by Crippen LogP contribution is 2.54. The largest absolute Gasteiger partial charge is 0.369 e. The molecular weight excluding hydrogens is 170 g/mol. The third-order valence-corrected chi connectivity index (χ3v) is 3.05. The zero-order valence-corrected chi connectivity index (χ0v) is 8.40. The van der Waals surface area contributed by atoms with Crippen molar-refractivity contribution in [3.8, 4) is 0 Å². The van der Waals surface area contributed by atoms with Crippen molar-refractivity contribution in [2.45, 2.75) is 26.7 Å². The lowest BCUT2D eigenvalue weighted by atomic mass is 10.0. The van der Waals surface area contributed by atoms with E-state index in [9.17, 15) is 4.79 Å². The average molecular weight is 185 g/mol. The minimum absolute atomic E-state index is 0.213. The molecule has 0 heterocycles. The maximum atomic E-state index is 11.1. The lowest BCUT2D eigenvalue weighted by Gasteiger charge is -2.06. The molecule has 68 valence electrons. The van der Waals surface area contributed by atoms with E-state index in [1.165, 1.54) is 0 Å². The number of allylic oxidation sites excluding steroid dienone is 1. The molecule has 3 heteroatoms. The molecule has 2 N–H and O–H groups in total. The summed E-state index contributed by atoms with van der Waals surface area (Å²) in [5, 5.41) is 0. The van der Waals surface area contributed by atoms with Crippen LogP contribution in [-0.4, -0.2) is 5.91 Å². The Morgan fingerprint density at radius 3 is 2.58 bits per heavy atom. The molecule has 2 nitrogen and oxygen atoms in total. The molecule has 1 amide bonds. The van der Waals surface area contributed by atoms with Gasteiger partial charge >= 0.3 is 0 Å². The van der Waals surface area contributed by atoms with Gasteiger partial charge in [0.2, 0.25) is 5.91 Å². The van der Waals surface area contributed by atoms with Gasteiger partial charge in [0.15, 0.2) is 0 Å². The molecular formula is C9H15NOS. The Morgan fingerprint density at radius 1 is 1.83 bits per heavy atom. The number of carbonyl (C=O) groups excluding carboxylic acids is 1. The summed E-state index contributed by atoms with van der Waals surface area (Å²) in [7, 11) is 0. The van der Waals surface area contributed by atoms with Crippen molar-refractivity contribution in [2.24, 2.45) is 17.1 Å². The first-order chi connectivity index (χ1) is 5.53. The van der Waals surface area contributed by atoms with Gasteiger partial charge in [0.1, 0.15) is 0 Å². The molecule has 1 aliphatic carbocycles. The number of hydrogen-bond donors (Lipinski definition) is 2. The van der Waals surface area contributed by atoms with E-state index in [2.05, 4.69) is 12.6 Å². The third-order valence-electron chi connectivity index (χ3n) is 2.61. The van der Waals surface area contributed by atoms with Crippen molar-refractivity contribution < 1.29 is 4.79 Å². The van der Waals surface area contributed by atoms with Crippen molar-refractivity contribution in [2.75, 3.05) is 0 Å². The second-order valence-corrected chi connectivity index (χ2v) is 4.07. The van der Waals surface area contributed by atoms with Gasteiger partial charge in [-0.2, -0.15) is 0 Å². The van der Waals surface area contributed by atoms with Crippen LogP contribution in [0.4, 0.5) is 0 Å². The van der Waals surface area contributed by atoms with Gasteiger partial charge in [-0.25, -0.2) is 0 Å². The predicted molar refractivity (Wildman–Crippen MR) is 52.8 cm³/mol. The summed E-state index contributed by atoms with van der Waals surface area (Å²) in [4.78, 5) is 12.0. The Labute approximate surface area is 78.6 Å². The zero-order chi connectivity index (χ0) is 9.35. The number of primary amides is 1. The van der Waals surface area contributed by atoms with Crippen molar-refractivity contribution in [3.63, 3.8) is 0 Å². The first-order valence-corrected chi connectivity index (χ1v) is 4.68. The number of carbonyl (C=O) groups is 1. The normalized spacial score (nSPS) is 34.9. The topological polar surface area (TPSA) is 43.1 Å². The maximum Gasteiger partial charge on any atom is 0.227 e. The Morgan fingerprint density at radius 2 is 2.33 bits per heavy atom. The summed E-state index contributed by atoms with van der Waals surface area (Å²) < 4.78 is 0. The van der Waals surface area contributed by atoms with E-state index in [1.807, 2.05) is 19.9 Å². The van der Waals surface area contributed by atoms with Gasteiger partial charge in [0.25, 0.3) is 0 Å². The van der Waals surface area contributed by atoms with E-state index in [1.54, 1.807) is 0 Å². The maximum absolute atomic E-state index is 11.1. The number of thiol groups is 1. The second-order valence-electron chi connectivity index (χ2n) is 3.50. The lowest BCUT2D eigenvalue weighted by molar-refractivity contribution is -0.121. The van der Waals surface area contributed by atoms with Crippen LogP contribution in [0.15, 0.2) is 11.0 Å². The van der Waals surface area contributed by atoms with E-state index in [0.717, 1.165) is 17.7 Å². The van der Waals surface area contributed by atoms with E-state index in [4.69, 9.17) is 5.73 Å². The van der Waals surface area contributed by atoms with Crippen LogP contribution in [0.2, 0.25) is 0 Å². The molecule has 2 atom stereocenters. The molecule has 12 heavy (non-hydrogen) atoms. The number of nitrogens with two attached hydrogens (primary N) is 1. The van der Waals surface area contributed by atoms with Gasteiger partial charge in [-0.1, -0.05) is 19.9 Å². The van der Waals surface area contributed by atoms with Crippen LogP contribution in [-0.2, 0) is 4.79 Å². The van der Waals surface area contributed by atoms with Crippen LogP contribution < -0.4 is 5.73 Å². The standard InChI is InChI=1S/C9H15NOS/c1-3-7(12)5-9(8(10)11)4-6(9)2/h5-6,12H,3-4H2,1-2H3,(H2,10,11)/b7-5+. The summed E-state index contributed by atoms with van der Waals surface area (Å²) in [5.41, 5.74) is 4.94. The monoisotopic (exact) mass is 185 g/mol. The molecule has 1 aliphatic rings. The van der Waals surface area contributed by atoms with Crippen LogP contribution in [0.25, 0.3) is 0 Å². The molecule has 0 bridgehead atoms. The molecule has 1 saturated carbocycles. The third kappa shape index (κ3) is 1.51. The first kappa shape index (κ1) is 9.65. The van der Waals surface area contributed by atoms with Crippen molar-refractivity contribution in [3.05, 3.63) is 11.0 Å². The van der Waals surface area contributed by atoms with Crippen LogP contribution in [0, 0.1) is 11.3 Å². The Kier molecular flexibility index (Phi) is 2.52. The minimum Gasteiger partial charge on any atom is -0.369 e. The van der Waals surface area contributed by atoms with Crippen molar-refractivity contribution in [1.29, 1.82) is 0 Å². The fourth-order valence-corrected chi connectivity index (χ4v) is 1.69. The summed E-state index contributed by atoms with van der Waals surface area (Å²) in [6.45, 7) is 4.05. The SMILES string of the molecule is CC/C(S)=C\C1(C(N)=O)CC1C. The van der Waals surface area contributed by atoms with Gasteiger partial charge in [-0.05, 0) is 23.7 Å².